The monoisotopic (exact) mass is 584 g/mol. The predicted octanol–water partition coefficient (Wildman–Crippen LogP) is 6.12. The smallest absolute Gasteiger partial charge is 0.336 e. The second kappa shape index (κ2) is 15.2. The van der Waals surface area contributed by atoms with Crippen molar-refractivity contribution in [2.45, 2.75) is 70.8 Å². The second-order valence-electron chi connectivity index (χ2n) is 10.0. The maximum absolute atomic E-state index is 13.7. The van der Waals surface area contributed by atoms with E-state index in [1.54, 1.807) is 20.8 Å². The summed E-state index contributed by atoms with van der Waals surface area (Å²) in [6.45, 7) is 6.27. The van der Waals surface area contributed by atoms with E-state index in [0.29, 0.717) is 6.61 Å². The lowest BCUT2D eigenvalue weighted by molar-refractivity contribution is -0.355. The first-order valence-corrected chi connectivity index (χ1v) is 15.8. The van der Waals surface area contributed by atoms with Crippen molar-refractivity contribution in [2.75, 3.05) is 19.4 Å². The van der Waals surface area contributed by atoms with Gasteiger partial charge in [0.2, 0.25) is 5.79 Å². The Kier molecular flexibility index (Phi) is 11.7. The maximum Gasteiger partial charge on any atom is 0.336 e. The molecule has 222 valence electrons. The highest BCUT2D eigenvalue weighted by atomic mass is 31.2. The van der Waals surface area contributed by atoms with Crippen LogP contribution in [0.1, 0.15) is 37.5 Å². The van der Waals surface area contributed by atoms with Crippen molar-refractivity contribution in [2.24, 2.45) is 0 Å². The molecule has 1 saturated heterocycles. The van der Waals surface area contributed by atoms with Crippen LogP contribution < -0.4 is 0 Å². The average molecular weight is 585 g/mol. The summed E-state index contributed by atoms with van der Waals surface area (Å²) in [5, 5.41) is 12.1. The van der Waals surface area contributed by atoms with Crippen LogP contribution >= 0.6 is 7.60 Å². The van der Waals surface area contributed by atoms with Gasteiger partial charge in [0.05, 0.1) is 39.1 Å². The van der Waals surface area contributed by atoms with E-state index in [-0.39, 0.29) is 26.4 Å². The minimum absolute atomic E-state index is 0.148. The molecule has 8 nitrogen and oxygen atoms in total. The summed E-state index contributed by atoms with van der Waals surface area (Å²) in [6, 6.07) is 29.2. The molecule has 41 heavy (non-hydrogen) atoms. The molecular formula is C32H41O8P. The summed E-state index contributed by atoms with van der Waals surface area (Å²) in [5.41, 5.74) is 2.84. The number of rotatable bonds is 15. The standard InChI is InChI=1S/C32H41O8P/c1-4-38-41(34,39-5-2)24-32(33)31(37-23-28-19-13-8-14-20-28)30(36-22-27-17-11-7-12-18-27)29(25(3)40-32)35-21-26-15-9-6-10-16-26/h6-20,25,29-31,33H,4-5,21-24H2,1-3H3/t25-,29+,30+,31-,32+/m0/s1. The molecule has 0 unspecified atom stereocenters. The SMILES string of the molecule is CCOP(=O)(C[C@@]1(O)O[C@@H](C)[C@@H](OCc2ccccc2)[C@@H](OCc2ccccc2)[C@@H]1OCc1ccccc1)OCC. The maximum atomic E-state index is 13.7. The predicted molar refractivity (Wildman–Crippen MR) is 156 cm³/mol. The zero-order chi connectivity index (χ0) is 29.1. The van der Waals surface area contributed by atoms with Gasteiger partial charge in [-0.3, -0.25) is 4.57 Å². The zero-order valence-electron chi connectivity index (χ0n) is 24.0. The summed E-state index contributed by atoms with van der Waals surface area (Å²) in [7, 11) is -3.75. The van der Waals surface area contributed by atoms with E-state index in [1.807, 2.05) is 91.0 Å². The summed E-state index contributed by atoms with van der Waals surface area (Å²) in [6.07, 6.45) is -3.55. The molecule has 0 radical (unpaired) electrons. The van der Waals surface area contributed by atoms with Crippen LogP contribution in [0.15, 0.2) is 91.0 Å². The molecule has 9 heteroatoms. The lowest BCUT2D eigenvalue weighted by Gasteiger charge is -2.50. The molecule has 0 aromatic heterocycles. The van der Waals surface area contributed by atoms with Crippen LogP contribution in [0.25, 0.3) is 0 Å². The normalized spacial score (nSPS) is 24.8. The Labute approximate surface area is 243 Å². The van der Waals surface area contributed by atoms with Crippen molar-refractivity contribution in [3.05, 3.63) is 108 Å². The van der Waals surface area contributed by atoms with E-state index in [4.69, 9.17) is 28.0 Å². The number of ether oxygens (including phenoxy) is 4. The van der Waals surface area contributed by atoms with Crippen LogP contribution in [0.3, 0.4) is 0 Å². The van der Waals surface area contributed by atoms with Gasteiger partial charge in [0.25, 0.3) is 0 Å². The Morgan fingerprint density at radius 3 is 1.56 bits per heavy atom. The van der Waals surface area contributed by atoms with Crippen LogP contribution in [0.2, 0.25) is 0 Å². The molecule has 0 spiro atoms. The highest BCUT2D eigenvalue weighted by molar-refractivity contribution is 7.53. The molecule has 3 aromatic carbocycles. The number of hydrogen-bond acceptors (Lipinski definition) is 8. The van der Waals surface area contributed by atoms with Crippen molar-refractivity contribution >= 4 is 7.60 Å². The largest absolute Gasteiger partial charge is 0.368 e. The molecule has 1 heterocycles. The molecule has 1 N–H and O–H groups in total. The van der Waals surface area contributed by atoms with Crippen molar-refractivity contribution in [3.8, 4) is 0 Å². The zero-order valence-corrected chi connectivity index (χ0v) is 24.9. The van der Waals surface area contributed by atoms with Crippen molar-refractivity contribution < 1.29 is 37.7 Å². The van der Waals surface area contributed by atoms with E-state index in [2.05, 4.69) is 0 Å². The molecule has 1 aliphatic rings. The first kappa shape index (κ1) is 31.5. The van der Waals surface area contributed by atoms with Gasteiger partial charge in [0.1, 0.15) is 24.5 Å². The van der Waals surface area contributed by atoms with Crippen molar-refractivity contribution in [3.63, 3.8) is 0 Å². The van der Waals surface area contributed by atoms with E-state index in [9.17, 15) is 9.67 Å². The van der Waals surface area contributed by atoms with E-state index in [0.717, 1.165) is 16.7 Å². The molecule has 0 saturated carbocycles. The highest BCUT2D eigenvalue weighted by Gasteiger charge is 2.58. The number of hydrogen-bond donors (Lipinski definition) is 1. The minimum atomic E-state index is -3.75. The highest BCUT2D eigenvalue weighted by Crippen LogP contribution is 2.53. The molecular weight excluding hydrogens is 543 g/mol. The summed E-state index contributed by atoms with van der Waals surface area (Å²) < 4.78 is 50.3. The van der Waals surface area contributed by atoms with E-state index in [1.165, 1.54) is 0 Å². The third kappa shape index (κ3) is 8.80. The van der Waals surface area contributed by atoms with Gasteiger partial charge in [-0.1, -0.05) is 91.0 Å². The Hall–Kier alpha value is -2.39. The van der Waals surface area contributed by atoms with Gasteiger partial charge in [0, 0.05) is 0 Å². The molecule has 0 bridgehead atoms. The third-order valence-corrected chi connectivity index (χ3v) is 8.98. The second-order valence-corrected chi connectivity index (χ2v) is 12.1. The fourth-order valence-corrected chi connectivity index (χ4v) is 6.86. The van der Waals surface area contributed by atoms with Gasteiger partial charge in [-0.05, 0) is 37.5 Å². The summed E-state index contributed by atoms with van der Waals surface area (Å²) >= 11 is 0. The summed E-state index contributed by atoms with van der Waals surface area (Å²) in [4.78, 5) is 0. The lowest BCUT2D eigenvalue weighted by Crippen LogP contribution is -2.67. The van der Waals surface area contributed by atoms with Crippen molar-refractivity contribution in [1.29, 1.82) is 0 Å². The Morgan fingerprint density at radius 1 is 0.707 bits per heavy atom. The number of benzene rings is 3. The number of aliphatic hydroxyl groups is 1. The van der Waals surface area contributed by atoms with Crippen molar-refractivity contribution in [1.82, 2.24) is 0 Å². The summed E-state index contributed by atoms with van der Waals surface area (Å²) in [5.74, 6) is -2.05. The minimum Gasteiger partial charge on any atom is -0.368 e. The van der Waals surface area contributed by atoms with Gasteiger partial charge in [-0.15, -0.1) is 0 Å². The molecule has 4 rings (SSSR count). The molecule has 0 aliphatic carbocycles. The Bertz CT molecular complexity index is 1200. The molecule has 1 fully saturated rings. The fourth-order valence-electron chi connectivity index (χ4n) is 5.01. The quantitative estimate of drug-likeness (QED) is 0.214. The van der Waals surface area contributed by atoms with Crippen LogP contribution in [0, 0.1) is 0 Å². The van der Waals surface area contributed by atoms with Crippen LogP contribution in [-0.4, -0.2) is 54.7 Å². The van der Waals surface area contributed by atoms with Crippen LogP contribution in [0.5, 0.6) is 0 Å². The first-order valence-electron chi connectivity index (χ1n) is 14.1. The van der Waals surface area contributed by atoms with Gasteiger partial charge < -0.3 is 33.1 Å². The Balaban J connectivity index is 1.68. The molecule has 3 aromatic rings. The fraction of sp³-hybridized carbons (Fsp3) is 0.438. The van der Waals surface area contributed by atoms with E-state index >= 15 is 0 Å². The van der Waals surface area contributed by atoms with Gasteiger partial charge in [-0.25, -0.2) is 0 Å². The van der Waals surface area contributed by atoms with Gasteiger partial charge >= 0.3 is 7.60 Å². The lowest BCUT2D eigenvalue weighted by atomic mass is 9.93. The Morgan fingerprint density at radius 2 is 1.12 bits per heavy atom. The van der Waals surface area contributed by atoms with Crippen LogP contribution in [0.4, 0.5) is 0 Å². The molecule has 1 aliphatic heterocycles. The first-order chi connectivity index (χ1) is 19.9. The van der Waals surface area contributed by atoms with E-state index < -0.39 is 44.0 Å². The third-order valence-electron chi connectivity index (χ3n) is 6.83. The molecule has 0 amide bonds. The van der Waals surface area contributed by atoms with Gasteiger partial charge in [0.15, 0.2) is 0 Å². The average Bonchev–Trinajstić information content (AvgIpc) is 2.96. The van der Waals surface area contributed by atoms with Gasteiger partial charge in [-0.2, -0.15) is 0 Å². The van der Waals surface area contributed by atoms with Crippen LogP contribution in [-0.2, 0) is 52.4 Å². The topological polar surface area (TPSA) is 92.7 Å². The molecule has 5 atom stereocenters.